The third-order valence-corrected chi connectivity index (χ3v) is 5.58. The van der Waals surface area contributed by atoms with Crippen molar-refractivity contribution in [2.45, 2.75) is 37.9 Å². The van der Waals surface area contributed by atoms with Gasteiger partial charge in [-0.1, -0.05) is 91.0 Å². The SMILES string of the molecule is COC(=O)[C@@H](C)NC(C)(C)CNC(c1ccccc1)(c1ccccc1)c1ccccc1. The number of benzene rings is 3. The maximum Gasteiger partial charge on any atom is 0.322 e. The van der Waals surface area contributed by atoms with Crippen molar-refractivity contribution in [2.75, 3.05) is 13.7 Å². The van der Waals surface area contributed by atoms with E-state index in [2.05, 4.69) is 97.3 Å². The van der Waals surface area contributed by atoms with E-state index in [1.807, 2.05) is 25.1 Å². The lowest BCUT2D eigenvalue weighted by Crippen LogP contribution is -2.57. The second kappa shape index (κ2) is 9.90. The van der Waals surface area contributed by atoms with Crippen LogP contribution < -0.4 is 10.6 Å². The molecule has 0 radical (unpaired) electrons. The van der Waals surface area contributed by atoms with E-state index in [1.165, 1.54) is 7.11 Å². The van der Waals surface area contributed by atoms with E-state index in [0.29, 0.717) is 6.54 Å². The average Bonchev–Trinajstić information content (AvgIpc) is 2.80. The van der Waals surface area contributed by atoms with Crippen molar-refractivity contribution in [2.24, 2.45) is 0 Å². The Morgan fingerprint density at radius 2 is 1.19 bits per heavy atom. The van der Waals surface area contributed by atoms with Gasteiger partial charge in [-0.05, 0) is 37.5 Å². The Kier molecular flexibility index (Phi) is 7.26. The summed E-state index contributed by atoms with van der Waals surface area (Å²) in [5, 5.41) is 7.27. The minimum Gasteiger partial charge on any atom is -0.468 e. The maximum atomic E-state index is 11.9. The highest BCUT2D eigenvalue weighted by Crippen LogP contribution is 2.37. The minimum absolute atomic E-state index is 0.270. The molecular weight excluding hydrogens is 384 g/mol. The van der Waals surface area contributed by atoms with Crippen molar-refractivity contribution >= 4 is 5.97 Å². The van der Waals surface area contributed by atoms with E-state index in [1.54, 1.807) is 0 Å². The predicted molar refractivity (Wildman–Crippen MR) is 126 cm³/mol. The van der Waals surface area contributed by atoms with Crippen LogP contribution in [-0.4, -0.2) is 31.2 Å². The second-order valence-corrected chi connectivity index (χ2v) is 8.47. The molecule has 1 atom stereocenters. The summed E-state index contributed by atoms with van der Waals surface area (Å²) < 4.78 is 4.89. The third kappa shape index (κ3) is 5.22. The van der Waals surface area contributed by atoms with Gasteiger partial charge >= 0.3 is 5.97 Å². The molecule has 0 saturated carbocycles. The number of carbonyl (C=O) groups is 1. The van der Waals surface area contributed by atoms with E-state index in [9.17, 15) is 4.79 Å². The van der Waals surface area contributed by atoms with Crippen molar-refractivity contribution in [3.05, 3.63) is 108 Å². The number of methoxy groups -OCH3 is 1. The molecule has 3 rings (SSSR count). The van der Waals surface area contributed by atoms with E-state index in [4.69, 9.17) is 4.74 Å². The van der Waals surface area contributed by atoms with Crippen LogP contribution >= 0.6 is 0 Å². The average molecular weight is 417 g/mol. The molecule has 0 bridgehead atoms. The van der Waals surface area contributed by atoms with Gasteiger partial charge in [-0.15, -0.1) is 0 Å². The van der Waals surface area contributed by atoms with Crippen LogP contribution in [0.25, 0.3) is 0 Å². The fourth-order valence-corrected chi connectivity index (χ4v) is 4.10. The Morgan fingerprint density at radius 1 is 0.806 bits per heavy atom. The smallest absolute Gasteiger partial charge is 0.322 e. The van der Waals surface area contributed by atoms with Crippen molar-refractivity contribution < 1.29 is 9.53 Å². The van der Waals surface area contributed by atoms with Gasteiger partial charge in [0.15, 0.2) is 0 Å². The summed E-state index contributed by atoms with van der Waals surface area (Å²) >= 11 is 0. The van der Waals surface area contributed by atoms with Crippen molar-refractivity contribution in [1.82, 2.24) is 10.6 Å². The molecule has 0 aromatic heterocycles. The lowest BCUT2D eigenvalue weighted by Gasteiger charge is -2.40. The molecule has 0 aliphatic rings. The van der Waals surface area contributed by atoms with Gasteiger partial charge in [0.1, 0.15) is 6.04 Å². The van der Waals surface area contributed by atoms with Crippen LogP contribution in [0.2, 0.25) is 0 Å². The fraction of sp³-hybridized carbons (Fsp3) is 0.296. The lowest BCUT2D eigenvalue weighted by atomic mass is 9.76. The topological polar surface area (TPSA) is 50.4 Å². The van der Waals surface area contributed by atoms with Gasteiger partial charge in [0.25, 0.3) is 0 Å². The van der Waals surface area contributed by atoms with Crippen LogP contribution in [0.1, 0.15) is 37.5 Å². The molecule has 0 amide bonds. The molecule has 4 nitrogen and oxygen atoms in total. The molecule has 4 heteroatoms. The Labute approximate surface area is 185 Å². The Morgan fingerprint density at radius 3 is 1.55 bits per heavy atom. The monoisotopic (exact) mass is 416 g/mol. The molecule has 0 aliphatic carbocycles. The highest BCUT2D eigenvalue weighted by Gasteiger charge is 2.37. The maximum absolute atomic E-state index is 11.9. The normalized spacial score (nSPS) is 12.9. The number of nitrogens with one attached hydrogen (secondary N) is 2. The summed E-state index contributed by atoms with van der Waals surface area (Å²) in [6, 6.07) is 31.1. The largest absolute Gasteiger partial charge is 0.468 e. The van der Waals surface area contributed by atoms with Gasteiger partial charge < -0.3 is 4.74 Å². The van der Waals surface area contributed by atoms with Gasteiger partial charge in [0, 0.05) is 12.1 Å². The first kappa shape index (κ1) is 22.7. The second-order valence-electron chi connectivity index (χ2n) is 8.47. The van der Waals surface area contributed by atoms with Crippen LogP contribution in [0.5, 0.6) is 0 Å². The summed E-state index contributed by atoms with van der Waals surface area (Å²) in [6.45, 7) is 6.62. The Bertz CT molecular complexity index is 860. The Balaban J connectivity index is 2.05. The molecule has 0 unspecified atom stereocenters. The zero-order valence-corrected chi connectivity index (χ0v) is 18.8. The van der Waals surface area contributed by atoms with E-state index >= 15 is 0 Å². The number of hydrogen-bond donors (Lipinski definition) is 2. The molecule has 31 heavy (non-hydrogen) atoms. The number of hydrogen-bond acceptors (Lipinski definition) is 4. The van der Waals surface area contributed by atoms with Crippen LogP contribution in [-0.2, 0) is 15.1 Å². The standard InChI is InChI=1S/C27H32N2O2/c1-21(25(30)31-4)29-26(2,3)20-28-27(22-14-8-5-9-15-22,23-16-10-6-11-17-23)24-18-12-7-13-19-24/h5-19,21,28-29H,20H2,1-4H3/t21-/m1/s1. The van der Waals surface area contributed by atoms with E-state index < -0.39 is 11.6 Å². The molecule has 3 aromatic carbocycles. The molecular formula is C27H32N2O2. The zero-order valence-electron chi connectivity index (χ0n) is 18.8. The first-order valence-corrected chi connectivity index (χ1v) is 10.7. The molecule has 0 saturated heterocycles. The van der Waals surface area contributed by atoms with E-state index in [-0.39, 0.29) is 11.5 Å². The summed E-state index contributed by atoms with van der Waals surface area (Å²) in [4.78, 5) is 11.9. The highest BCUT2D eigenvalue weighted by atomic mass is 16.5. The number of carbonyl (C=O) groups excluding carboxylic acids is 1. The number of rotatable bonds is 9. The van der Waals surface area contributed by atoms with Crippen LogP contribution in [0.15, 0.2) is 91.0 Å². The quantitative estimate of drug-likeness (QED) is 0.398. The summed E-state index contributed by atoms with van der Waals surface area (Å²) in [5.74, 6) is -0.270. The van der Waals surface area contributed by atoms with Crippen molar-refractivity contribution in [1.29, 1.82) is 0 Å². The fourth-order valence-electron chi connectivity index (χ4n) is 4.10. The van der Waals surface area contributed by atoms with Gasteiger partial charge in [-0.3, -0.25) is 15.4 Å². The number of esters is 1. The molecule has 162 valence electrons. The van der Waals surface area contributed by atoms with Crippen LogP contribution in [0.3, 0.4) is 0 Å². The summed E-state index contributed by atoms with van der Waals surface area (Å²) in [7, 11) is 1.41. The van der Waals surface area contributed by atoms with Crippen LogP contribution in [0.4, 0.5) is 0 Å². The van der Waals surface area contributed by atoms with Crippen molar-refractivity contribution in [3.63, 3.8) is 0 Å². The van der Waals surface area contributed by atoms with Crippen LogP contribution in [0, 0.1) is 0 Å². The Hall–Kier alpha value is -2.95. The lowest BCUT2D eigenvalue weighted by molar-refractivity contribution is -0.143. The van der Waals surface area contributed by atoms with E-state index in [0.717, 1.165) is 16.7 Å². The predicted octanol–water partition coefficient (Wildman–Crippen LogP) is 4.50. The molecule has 0 spiro atoms. The molecule has 0 heterocycles. The molecule has 0 fully saturated rings. The molecule has 2 N–H and O–H groups in total. The zero-order chi connectivity index (χ0) is 22.3. The third-order valence-electron chi connectivity index (χ3n) is 5.58. The first-order valence-electron chi connectivity index (χ1n) is 10.7. The molecule has 3 aromatic rings. The van der Waals surface area contributed by atoms with Crippen molar-refractivity contribution in [3.8, 4) is 0 Å². The first-order chi connectivity index (χ1) is 14.9. The highest BCUT2D eigenvalue weighted by molar-refractivity contribution is 5.75. The molecule has 0 aliphatic heterocycles. The summed E-state index contributed by atoms with van der Waals surface area (Å²) in [6.07, 6.45) is 0. The minimum atomic E-state index is -0.544. The van der Waals surface area contributed by atoms with Gasteiger partial charge in [-0.25, -0.2) is 0 Å². The number of ether oxygens (including phenoxy) is 1. The van der Waals surface area contributed by atoms with Gasteiger partial charge in [0.05, 0.1) is 12.6 Å². The van der Waals surface area contributed by atoms with Gasteiger partial charge in [-0.2, -0.15) is 0 Å². The summed E-state index contributed by atoms with van der Waals surface area (Å²) in [5.41, 5.74) is 2.56. The van der Waals surface area contributed by atoms with Gasteiger partial charge in [0.2, 0.25) is 0 Å².